The van der Waals surface area contributed by atoms with Crippen LogP contribution < -0.4 is 10.0 Å². The fourth-order valence-corrected chi connectivity index (χ4v) is 2.94. The highest BCUT2D eigenvalue weighted by Crippen LogP contribution is 2.18. The lowest BCUT2D eigenvalue weighted by atomic mass is 10.0. The van der Waals surface area contributed by atoms with Gasteiger partial charge in [-0.15, -0.1) is 0 Å². The second-order valence-electron chi connectivity index (χ2n) is 5.46. The number of nitrogens with one attached hydrogen (secondary N) is 2. The number of halogens is 1. The average Bonchev–Trinajstić information content (AvgIpc) is 2.37. The van der Waals surface area contributed by atoms with Gasteiger partial charge in [-0.05, 0) is 31.0 Å². The Labute approximate surface area is 131 Å². The molecule has 0 unspecified atom stereocenters. The summed E-state index contributed by atoms with van der Waals surface area (Å²) in [5, 5.41) is 2.83. The smallest absolute Gasteiger partial charge is 0.222 e. The Bertz CT molecular complexity index is 587. The van der Waals surface area contributed by atoms with Gasteiger partial charge in [0, 0.05) is 12.5 Å². The Morgan fingerprint density at radius 1 is 1.27 bits per heavy atom. The molecule has 0 aliphatic heterocycles. The zero-order chi connectivity index (χ0) is 16.8. The minimum Gasteiger partial charge on any atom is -0.354 e. The van der Waals surface area contributed by atoms with E-state index >= 15 is 0 Å². The van der Waals surface area contributed by atoms with Crippen molar-refractivity contribution < 1.29 is 17.6 Å². The molecule has 1 rings (SSSR count). The number of sulfonamides is 1. The molecule has 1 amide bonds. The van der Waals surface area contributed by atoms with Crippen LogP contribution in [0.25, 0.3) is 0 Å². The van der Waals surface area contributed by atoms with E-state index in [1.54, 1.807) is 0 Å². The molecule has 0 fully saturated rings. The molecule has 0 radical (unpaired) electrons. The quantitative estimate of drug-likeness (QED) is 0.766. The van der Waals surface area contributed by atoms with Gasteiger partial charge in [-0.1, -0.05) is 25.5 Å². The van der Waals surface area contributed by atoms with E-state index in [2.05, 4.69) is 10.0 Å². The van der Waals surface area contributed by atoms with Crippen molar-refractivity contribution in [3.63, 3.8) is 0 Å². The molecule has 2 N–H and O–H groups in total. The Morgan fingerprint density at radius 2 is 1.86 bits per heavy atom. The van der Waals surface area contributed by atoms with Crippen LogP contribution in [-0.2, 0) is 14.8 Å². The lowest BCUT2D eigenvalue weighted by molar-refractivity contribution is -0.122. The van der Waals surface area contributed by atoms with Crippen molar-refractivity contribution in [2.24, 2.45) is 0 Å². The number of carbonyl (C=O) groups excluding carboxylic acids is 1. The molecular formula is C15H23FN2O3S. The molecule has 5 nitrogen and oxygen atoms in total. The summed E-state index contributed by atoms with van der Waals surface area (Å²) in [5.74, 6) is -0.658. The van der Waals surface area contributed by atoms with Gasteiger partial charge in [0.15, 0.2) is 0 Å². The maximum atomic E-state index is 13.0. The van der Waals surface area contributed by atoms with Crippen LogP contribution in [0.1, 0.15) is 44.7 Å². The first-order valence-electron chi connectivity index (χ1n) is 7.23. The van der Waals surface area contributed by atoms with Gasteiger partial charge in [0.05, 0.1) is 12.3 Å². The molecule has 22 heavy (non-hydrogen) atoms. The molecule has 0 bridgehead atoms. The van der Waals surface area contributed by atoms with Crippen molar-refractivity contribution in [2.75, 3.05) is 6.26 Å². The third-order valence-corrected chi connectivity index (χ3v) is 3.86. The molecule has 1 aromatic rings. The van der Waals surface area contributed by atoms with E-state index in [0.29, 0.717) is 5.56 Å². The van der Waals surface area contributed by atoms with Crippen LogP contribution in [0.5, 0.6) is 0 Å². The molecule has 7 heteroatoms. The van der Waals surface area contributed by atoms with E-state index in [0.717, 1.165) is 19.1 Å². The van der Waals surface area contributed by atoms with E-state index in [9.17, 15) is 17.6 Å². The van der Waals surface area contributed by atoms with Crippen LogP contribution in [0.3, 0.4) is 0 Å². The molecular weight excluding hydrogens is 307 g/mol. The summed E-state index contributed by atoms with van der Waals surface area (Å²) >= 11 is 0. The van der Waals surface area contributed by atoms with Gasteiger partial charge in [0.25, 0.3) is 0 Å². The van der Waals surface area contributed by atoms with E-state index in [-0.39, 0.29) is 18.4 Å². The summed E-state index contributed by atoms with van der Waals surface area (Å²) in [6, 6.07) is 4.74. The third kappa shape index (κ3) is 7.00. The van der Waals surface area contributed by atoms with Crippen molar-refractivity contribution in [1.29, 1.82) is 0 Å². The summed E-state index contributed by atoms with van der Waals surface area (Å²) in [6.45, 7) is 3.92. The van der Waals surface area contributed by atoms with Gasteiger partial charge in [-0.2, -0.15) is 0 Å². The SMILES string of the molecule is CCC[C@H](C)NC(=O)C[C@@H](NS(C)(=O)=O)c1ccc(F)cc1. The summed E-state index contributed by atoms with van der Waals surface area (Å²) < 4.78 is 38.3. The molecule has 0 heterocycles. The van der Waals surface area contributed by atoms with Crippen molar-refractivity contribution in [1.82, 2.24) is 10.0 Å². The van der Waals surface area contributed by atoms with Gasteiger partial charge >= 0.3 is 0 Å². The number of amides is 1. The monoisotopic (exact) mass is 330 g/mol. The molecule has 0 aliphatic rings. The normalized spacial score (nSPS) is 14.4. The zero-order valence-electron chi connectivity index (χ0n) is 13.1. The number of benzene rings is 1. The topological polar surface area (TPSA) is 75.3 Å². The van der Waals surface area contributed by atoms with Crippen LogP contribution in [0, 0.1) is 5.82 Å². The molecule has 0 aromatic heterocycles. The largest absolute Gasteiger partial charge is 0.354 e. The maximum Gasteiger partial charge on any atom is 0.222 e. The van der Waals surface area contributed by atoms with Gasteiger partial charge in [-0.25, -0.2) is 17.5 Å². The summed E-state index contributed by atoms with van der Waals surface area (Å²) in [7, 11) is -3.49. The van der Waals surface area contributed by atoms with E-state index in [1.807, 2.05) is 13.8 Å². The average molecular weight is 330 g/mol. The second kappa shape index (κ2) is 8.24. The van der Waals surface area contributed by atoms with Gasteiger partial charge in [0.2, 0.25) is 15.9 Å². The highest BCUT2D eigenvalue weighted by atomic mass is 32.2. The van der Waals surface area contributed by atoms with Crippen LogP contribution >= 0.6 is 0 Å². The Kier molecular flexibility index (Phi) is 6.96. The first kappa shape index (κ1) is 18.6. The zero-order valence-corrected chi connectivity index (χ0v) is 13.9. The summed E-state index contributed by atoms with van der Waals surface area (Å²) in [4.78, 5) is 12.0. The second-order valence-corrected chi connectivity index (χ2v) is 7.24. The molecule has 0 spiro atoms. The highest BCUT2D eigenvalue weighted by molar-refractivity contribution is 7.88. The first-order chi connectivity index (χ1) is 10.2. The Balaban J connectivity index is 2.82. The van der Waals surface area contributed by atoms with Crippen molar-refractivity contribution in [2.45, 2.75) is 45.2 Å². The van der Waals surface area contributed by atoms with Gasteiger partial charge in [-0.3, -0.25) is 4.79 Å². The van der Waals surface area contributed by atoms with E-state index in [1.165, 1.54) is 24.3 Å². The predicted molar refractivity (Wildman–Crippen MR) is 84.3 cm³/mol. The maximum absolute atomic E-state index is 13.0. The predicted octanol–water partition coefficient (Wildman–Crippen LogP) is 2.11. The van der Waals surface area contributed by atoms with Gasteiger partial charge in [0.1, 0.15) is 5.82 Å². The minimum absolute atomic E-state index is 0.0320. The lowest BCUT2D eigenvalue weighted by Gasteiger charge is -2.19. The molecule has 0 saturated carbocycles. The molecule has 124 valence electrons. The number of rotatable bonds is 8. The number of hydrogen-bond donors (Lipinski definition) is 2. The van der Waals surface area contributed by atoms with Crippen molar-refractivity contribution in [3.05, 3.63) is 35.6 Å². The molecule has 2 atom stereocenters. The number of carbonyl (C=O) groups is 1. The van der Waals surface area contributed by atoms with Crippen molar-refractivity contribution >= 4 is 15.9 Å². The van der Waals surface area contributed by atoms with Crippen LogP contribution in [0.2, 0.25) is 0 Å². The van der Waals surface area contributed by atoms with Gasteiger partial charge < -0.3 is 5.32 Å². The van der Waals surface area contributed by atoms with E-state index in [4.69, 9.17) is 0 Å². The fourth-order valence-electron chi connectivity index (χ4n) is 2.21. The van der Waals surface area contributed by atoms with Crippen molar-refractivity contribution in [3.8, 4) is 0 Å². The molecule has 1 aromatic carbocycles. The van der Waals surface area contributed by atoms with E-state index < -0.39 is 21.9 Å². The molecule has 0 aliphatic carbocycles. The number of hydrogen-bond acceptors (Lipinski definition) is 3. The van der Waals surface area contributed by atoms with Crippen LogP contribution in [-0.4, -0.2) is 26.6 Å². The Hall–Kier alpha value is -1.47. The fraction of sp³-hybridized carbons (Fsp3) is 0.533. The summed E-state index contributed by atoms with van der Waals surface area (Å²) in [6.07, 6.45) is 2.80. The standard InChI is InChI=1S/C15H23FN2O3S/c1-4-5-11(2)17-15(19)10-14(18-22(3,20)21)12-6-8-13(16)9-7-12/h6-9,11,14,18H,4-5,10H2,1-3H3,(H,17,19)/t11-,14+/m0/s1. The summed E-state index contributed by atoms with van der Waals surface area (Å²) in [5.41, 5.74) is 0.546. The third-order valence-electron chi connectivity index (χ3n) is 3.15. The minimum atomic E-state index is -3.49. The van der Waals surface area contributed by atoms with Crippen LogP contribution in [0.15, 0.2) is 24.3 Å². The lowest BCUT2D eigenvalue weighted by Crippen LogP contribution is -2.37. The van der Waals surface area contributed by atoms with Crippen LogP contribution in [0.4, 0.5) is 4.39 Å². The Morgan fingerprint density at radius 3 is 2.36 bits per heavy atom. The molecule has 0 saturated heterocycles. The highest BCUT2D eigenvalue weighted by Gasteiger charge is 2.20. The first-order valence-corrected chi connectivity index (χ1v) is 9.12.